The Bertz CT molecular complexity index is 2270. The quantitative estimate of drug-likeness (QED) is 0.170. The molecule has 0 amide bonds. The van der Waals surface area contributed by atoms with Crippen molar-refractivity contribution in [2.75, 3.05) is 26.9 Å². The molecule has 1 atom stereocenters. The van der Waals surface area contributed by atoms with Crippen LogP contribution in [0.25, 0.3) is 17.0 Å². The summed E-state index contributed by atoms with van der Waals surface area (Å²) < 4.78 is 25.8. The third-order valence-corrected chi connectivity index (χ3v) is 9.28. The molecule has 12 heteroatoms. The van der Waals surface area contributed by atoms with Crippen LogP contribution in [0.4, 0.5) is 0 Å². The van der Waals surface area contributed by atoms with E-state index in [0.717, 1.165) is 22.0 Å². The van der Waals surface area contributed by atoms with Crippen molar-refractivity contribution in [3.8, 4) is 11.5 Å². The third-order valence-electron chi connectivity index (χ3n) is 8.05. The zero-order valence-electron chi connectivity index (χ0n) is 27.4. The summed E-state index contributed by atoms with van der Waals surface area (Å²) in [6.07, 6.45) is 3.91. The molecule has 10 nitrogen and oxygen atoms in total. The number of thiazole rings is 1. The minimum atomic E-state index is -0.863. The van der Waals surface area contributed by atoms with Crippen molar-refractivity contribution < 1.29 is 28.5 Å². The number of nitrogens with zero attached hydrogens (tertiary/aromatic N) is 3. The van der Waals surface area contributed by atoms with Gasteiger partial charge in [0.15, 0.2) is 22.9 Å². The summed E-state index contributed by atoms with van der Waals surface area (Å²) in [5.74, 6) is -0.457. The molecule has 0 saturated heterocycles. The molecule has 0 radical (unpaired) electrons. The topological polar surface area (TPSA) is 110 Å². The maximum Gasteiger partial charge on any atom is 0.343 e. The van der Waals surface area contributed by atoms with E-state index >= 15 is 0 Å². The molecule has 0 spiro atoms. The largest absolute Gasteiger partial charge is 0.490 e. The Balaban J connectivity index is 1.48. The molecule has 0 N–H and O–H groups in total. The van der Waals surface area contributed by atoms with E-state index in [4.69, 9.17) is 35.5 Å². The molecule has 1 aliphatic heterocycles. The van der Waals surface area contributed by atoms with Gasteiger partial charge in [-0.25, -0.2) is 14.6 Å². The lowest BCUT2D eigenvalue weighted by atomic mass is 9.95. The number of para-hydroxylation sites is 1. The molecule has 6 rings (SSSR count). The first-order valence-corrected chi connectivity index (χ1v) is 16.9. The van der Waals surface area contributed by atoms with Crippen molar-refractivity contribution in [1.82, 2.24) is 9.13 Å². The van der Waals surface area contributed by atoms with Crippen molar-refractivity contribution in [2.45, 2.75) is 33.4 Å². The van der Waals surface area contributed by atoms with E-state index < -0.39 is 18.0 Å². The van der Waals surface area contributed by atoms with E-state index in [0.29, 0.717) is 50.3 Å². The van der Waals surface area contributed by atoms with Gasteiger partial charge in [0, 0.05) is 34.2 Å². The number of halogens is 1. The van der Waals surface area contributed by atoms with E-state index in [1.165, 1.54) is 23.0 Å². The second-order valence-electron chi connectivity index (χ2n) is 11.2. The Kier molecular flexibility index (Phi) is 10.0. The van der Waals surface area contributed by atoms with Crippen molar-refractivity contribution in [1.29, 1.82) is 0 Å². The van der Waals surface area contributed by atoms with Gasteiger partial charge in [-0.3, -0.25) is 9.36 Å². The molecule has 49 heavy (non-hydrogen) atoms. The maximum absolute atomic E-state index is 14.4. The lowest BCUT2D eigenvalue weighted by Crippen LogP contribution is -2.40. The number of benzene rings is 3. The second-order valence-corrected chi connectivity index (χ2v) is 12.6. The Morgan fingerprint density at radius 1 is 1.00 bits per heavy atom. The first-order valence-electron chi connectivity index (χ1n) is 15.7. The molecule has 0 bridgehead atoms. The molecule has 252 valence electrons. The number of carbonyl (C=O) groups excluding carboxylic acids is 2. The van der Waals surface area contributed by atoms with Gasteiger partial charge in [0.1, 0.15) is 0 Å². The van der Waals surface area contributed by atoms with Crippen LogP contribution < -0.4 is 24.4 Å². The van der Waals surface area contributed by atoms with Crippen molar-refractivity contribution in [2.24, 2.45) is 4.99 Å². The van der Waals surface area contributed by atoms with Crippen LogP contribution in [0.3, 0.4) is 0 Å². The third kappa shape index (κ3) is 6.90. The SMILES string of the molecule is CCOC(=O)C1=C(C)N=c2s/c(=C/c3cn(Cc4ccc(Cl)cc4)c4ccccc34)c(=O)n2[C@H]1c1ccc(OCC(=O)OC)c(OCC)c1. The number of ether oxygens (including phenoxy) is 4. The maximum atomic E-state index is 14.4. The number of hydrogen-bond donors (Lipinski definition) is 0. The minimum absolute atomic E-state index is 0.150. The highest BCUT2D eigenvalue weighted by Crippen LogP contribution is 2.36. The monoisotopic (exact) mass is 699 g/mol. The molecule has 3 aromatic carbocycles. The summed E-state index contributed by atoms with van der Waals surface area (Å²) in [6, 6.07) is 20.0. The summed E-state index contributed by atoms with van der Waals surface area (Å²) in [7, 11) is 1.28. The normalized spacial score (nSPS) is 14.4. The number of hydrogen-bond acceptors (Lipinski definition) is 9. The Labute approximate surface area is 291 Å². The van der Waals surface area contributed by atoms with Crippen LogP contribution in [0, 0.1) is 0 Å². The van der Waals surface area contributed by atoms with E-state index in [9.17, 15) is 14.4 Å². The fourth-order valence-electron chi connectivity index (χ4n) is 5.83. The zero-order chi connectivity index (χ0) is 34.7. The van der Waals surface area contributed by atoms with Gasteiger partial charge in [0.25, 0.3) is 5.56 Å². The minimum Gasteiger partial charge on any atom is -0.490 e. The molecule has 5 aromatic rings. The number of rotatable bonds is 11. The summed E-state index contributed by atoms with van der Waals surface area (Å²) in [5.41, 5.74) is 3.95. The fraction of sp³-hybridized carbons (Fsp3) is 0.243. The molecule has 0 aliphatic carbocycles. The average molecular weight is 700 g/mol. The van der Waals surface area contributed by atoms with Gasteiger partial charge in [-0.2, -0.15) is 0 Å². The van der Waals surface area contributed by atoms with Gasteiger partial charge in [-0.05, 0) is 68.3 Å². The van der Waals surface area contributed by atoms with E-state index in [1.807, 2.05) is 67.7 Å². The Morgan fingerprint density at radius 3 is 2.51 bits per heavy atom. The second kappa shape index (κ2) is 14.6. The lowest BCUT2D eigenvalue weighted by Gasteiger charge is -2.25. The van der Waals surface area contributed by atoms with Crippen LogP contribution in [-0.4, -0.2) is 48.0 Å². The van der Waals surface area contributed by atoms with Crippen LogP contribution in [0.1, 0.15) is 43.5 Å². The van der Waals surface area contributed by atoms with Crippen molar-refractivity contribution >= 4 is 51.9 Å². The van der Waals surface area contributed by atoms with Crippen LogP contribution in [-0.2, 0) is 25.6 Å². The first kappa shape index (κ1) is 33.8. The summed E-state index contributed by atoms with van der Waals surface area (Å²) in [6.45, 7) is 6.05. The predicted octanol–water partition coefficient (Wildman–Crippen LogP) is 5.41. The van der Waals surface area contributed by atoms with Gasteiger partial charge in [-0.15, -0.1) is 0 Å². The Morgan fingerprint density at radius 2 is 1.78 bits per heavy atom. The number of aromatic nitrogens is 2. The van der Waals surface area contributed by atoms with Crippen LogP contribution in [0.2, 0.25) is 5.02 Å². The predicted molar refractivity (Wildman–Crippen MR) is 188 cm³/mol. The number of fused-ring (bicyclic) bond motifs is 2. The Hall–Kier alpha value is -5.13. The van der Waals surface area contributed by atoms with E-state index in [1.54, 1.807) is 32.0 Å². The standard InChI is InChI=1S/C37H34ClN3O7S/c1-5-46-30-17-24(13-16-29(30)48-21-32(42)45-4)34-33(36(44)47-6-2)22(3)39-37-41(34)35(43)31(49-37)18-25-20-40(28-10-8-7-9-27(25)28)19-23-11-14-26(38)15-12-23/h7-18,20,34H,5-6,19,21H2,1-4H3/b31-18+/t34-/m0/s1. The molecular weight excluding hydrogens is 666 g/mol. The van der Waals surface area contributed by atoms with E-state index in [2.05, 4.69) is 4.57 Å². The molecule has 2 aromatic heterocycles. The average Bonchev–Trinajstić information content (AvgIpc) is 3.60. The molecule has 0 unspecified atom stereocenters. The highest BCUT2D eigenvalue weighted by atomic mass is 35.5. The van der Waals surface area contributed by atoms with Crippen LogP contribution in [0.5, 0.6) is 11.5 Å². The fourth-order valence-corrected chi connectivity index (χ4v) is 7.00. The number of carbonyl (C=O) groups is 2. The first-order chi connectivity index (χ1) is 23.7. The van der Waals surface area contributed by atoms with Crippen LogP contribution >= 0.6 is 22.9 Å². The summed E-state index contributed by atoms with van der Waals surface area (Å²) in [4.78, 5) is 44.7. The van der Waals surface area contributed by atoms with Gasteiger partial charge in [0.05, 0.1) is 42.2 Å². The van der Waals surface area contributed by atoms with Gasteiger partial charge in [0.2, 0.25) is 0 Å². The van der Waals surface area contributed by atoms with Crippen molar-refractivity contribution in [3.05, 3.63) is 126 Å². The van der Waals surface area contributed by atoms with Gasteiger partial charge >= 0.3 is 11.9 Å². The number of esters is 2. The highest BCUT2D eigenvalue weighted by Gasteiger charge is 2.34. The van der Waals surface area contributed by atoms with Gasteiger partial charge < -0.3 is 23.5 Å². The number of allylic oxidation sites excluding steroid dienone is 1. The molecule has 0 saturated carbocycles. The summed E-state index contributed by atoms with van der Waals surface area (Å²) >= 11 is 7.36. The summed E-state index contributed by atoms with van der Waals surface area (Å²) in [5, 5.41) is 1.67. The number of methoxy groups -OCH3 is 1. The molecule has 3 heterocycles. The molecule has 1 aliphatic rings. The molecular formula is C37H34ClN3O7S. The van der Waals surface area contributed by atoms with E-state index in [-0.39, 0.29) is 24.3 Å². The van der Waals surface area contributed by atoms with Gasteiger partial charge in [-0.1, -0.05) is 59.3 Å². The highest BCUT2D eigenvalue weighted by molar-refractivity contribution is 7.07. The smallest absolute Gasteiger partial charge is 0.343 e. The molecule has 0 fully saturated rings. The lowest BCUT2D eigenvalue weighted by molar-refractivity contribution is -0.143. The zero-order valence-corrected chi connectivity index (χ0v) is 29.0. The van der Waals surface area contributed by atoms with Crippen LogP contribution in [0.15, 0.2) is 94.0 Å². The van der Waals surface area contributed by atoms with Crippen molar-refractivity contribution in [3.63, 3.8) is 0 Å².